The highest BCUT2D eigenvalue weighted by molar-refractivity contribution is 7.91. The maximum absolute atomic E-state index is 12.3. The zero-order valence-corrected chi connectivity index (χ0v) is 17.5. The van der Waals surface area contributed by atoms with Crippen LogP contribution in [0, 0.1) is 6.92 Å². The Morgan fingerprint density at radius 3 is 2.29 bits per heavy atom. The molecule has 0 saturated heterocycles. The Kier molecular flexibility index (Phi) is 7.28. The zero-order chi connectivity index (χ0) is 20.9. The fourth-order valence-electron chi connectivity index (χ4n) is 2.32. The van der Waals surface area contributed by atoms with Crippen molar-refractivity contribution in [3.05, 3.63) is 35.4 Å². The molecule has 0 bridgehead atoms. The molecule has 0 atom stereocenters. The van der Waals surface area contributed by atoms with Gasteiger partial charge in [-0.1, -0.05) is 6.92 Å². The number of nitrogens with zero attached hydrogens (tertiary/aromatic N) is 4. The van der Waals surface area contributed by atoms with Gasteiger partial charge in [0.05, 0.1) is 17.3 Å². The minimum atomic E-state index is -4.69. The van der Waals surface area contributed by atoms with Crippen LogP contribution < -0.4 is 4.90 Å². The van der Waals surface area contributed by atoms with Gasteiger partial charge in [-0.15, -0.1) is 0 Å². The van der Waals surface area contributed by atoms with Crippen LogP contribution >= 0.6 is 11.6 Å². The van der Waals surface area contributed by atoms with Crippen molar-refractivity contribution < 1.29 is 25.6 Å². The van der Waals surface area contributed by atoms with Gasteiger partial charge in [0.25, 0.3) is 0 Å². The number of hydrogen-bond acceptors (Lipinski definition) is 9. The van der Waals surface area contributed by atoms with E-state index in [-0.39, 0.29) is 10.2 Å². The van der Waals surface area contributed by atoms with Gasteiger partial charge in [-0.3, -0.25) is 4.55 Å². The van der Waals surface area contributed by atoms with E-state index in [4.69, 9.17) is 16.2 Å². The van der Waals surface area contributed by atoms with Crippen molar-refractivity contribution in [1.82, 2.24) is 15.0 Å². The summed E-state index contributed by atoms with van der Waals surface area (Å²) in [6, 6.07) is 5.94. The quantitative estimate of drug-likeness (QED) is 0.563. The third-order valence-electron chi connectivity index (χ3n) is 3.49. The molecule has 1 N–H and O–H groups in total. The number of benzene rings is 1. The Labute approximate surface area is 168 Å². The molecule has 0 aliphatic carbocycles. The smallest absolute Gasteiger partial charge is 0.310 e. The fraction of sp³-hybridized carbons (Fsp3) is 0.400. The van der Waals surface area contributed by atoms with Gasteiger partial charge < -0.3 is 4.90 Å². The molecule has 10 nitrogen and oxygen atoms in total. The molecule has 1 heterocycles. The summed E-state index contributed by atoms with van der Waals surface area (Å²) in [7, 11) is -8.49. The van der Waals surface area contributed by atoms with Crippen LogP contribution in [0.2, 0.25) is 5.28 Å². The average Bonchev–Trinajstić information content (AvgIpc) is 2.57. The van der Waals surface area contributed by atoms with Crippen LogP contribution in [0.3, 0.4) is 0 Å². The van der Waals surface area contributed by atoms with E-state index in [2.05, 4.69) is 19.1 Å². The summed E-state index contributed by atoms with van der Waals surface area (Å²) >= 11 is 5.91. The molecule has 0 aliphatic rings. The van der Waals surface area contributed by atoms with Gasteiger partial charge in [0.1, 0.15) is 5.82 Å². The highest BCUT2D eigenvalue weighted by Gasteiger charge is 2.18. The SMILES string of the molecule is CCCN(c1ccc(S(=O)(=O)CCOS(=O)(=O)O)cc1)c1nc(C)nc(Cl)n1. The lowest BCUT2D eigenvalue weighted by atomic mass is 10.3. The van der Waals surface area contributed by atoms with Gasteiger partial charge in [-0.2, -0.15) is 18.4 Å². The lowest BCUT2D eigenvalue weighted by molar-refractivity contribution is 0.284. The van der Waals surface area contributed by atoms with Crippen LogP contribution in [0.5, 0.6) is 0 Å². The van der Waals surface area contributed by atoms with Gasteiger partial charge in [0.15, 0.2) is 9.84 Å². The Balaban J connectivity index is 2.25. The first-order valence-electron chi connectivity index (χ1n) is 8.12. The minimum Gasteiger partial charge on any atom is -0.310 e. The molecular formula is C15H19ClN4O6S2. The Morgan fingerprint density at radius 1 is 1.11 bits per heavy atom. The summed E-state index contributed by atoms with van der Waals surface area (Å²) in [4.78, 5) is 14.1. The van der Waals surface area contributed by atoms with Crippen molar-refractivity contribution in [1.29, 1.82) is 0 Å². The second-order valence-corrected chi connectivity index (χ2v) is 9.20. The van der Waals surface area contributed by atoms with E-state index in [1.165, 1.54) is 12.1 Å². The molecule has 0 saturated carbocycles. The van der Waals surface area contributed by atoms with Crippen molar-refractivity contribution >= 4 is 43.5 Å². The summed E-state index contributed by atoms with van der Waals surface area (Å²) in [5, 5.41) is 0.0571. The number of halogens is 1. The average molecular weight is 451 g/mol. The molecule has 154 valence electrons. The number of sulfone groups is 1. The van der Waals surface area contributed by atoms with Crippen molar-refractivity contribution in [2.24, 2.45) is 0 Å². The number of hydrogen-bond donors (Lipinski definition) is 1. The van der Waals surface area contributed by atoms with Crippen LogP contribution in [0.4, 0.5) is 11.6 Å². The van der Waals surface area contributed by atoms with Crippen LogP contribution in [-0.2, 0) is 24.4 Å². The highest BCUT2D eigenvalue weighted by atomic mass is 35.5. The third-order valence-corrected chi connectivity index (χ3v) is 5.82. The standard InChI is InChI=1S/C15H19ClN4O6S2/c1-3-8-20(15-18-11(2)17-14(16)19-15)12-4-6-13(7-5-12)27(21,22)10-9-26-28(23,24)25/h4-7H,3,8-10H2,1-2H3,(H,23,24,25). The van der Waals surface area contributed by atoms with Crippen molar-refractivity contribution in [3.63, 3.8) is 0 Å². The third kappa shape index (κ3) is 6.34. The van der Waals surface area contributed by atoms with Gasteiger partial charge in [-0.05, 0) is 49.2 Å². The van der Waals surface area contributed by atoms with Crippen LogP contribution in [-0.4, -0.2) is 55.2 Å². The van der Waals surface area contributed by atoms with E-state index in [1.54, 1.807) is 24.0 Å². The second-order valence-electron chi connectivity index (χ2n) is 5.67. The van der Waals surface area contributed by atoms with Crippen molar-refractivity contribution in [2.75, 3.05) is 23.8 Å². The van der Waals surface area contributed by atoms with E-state index in [1.807, 2.05) is 6.92 Å². The predicted octanol–water partition coefficient (Wildman–Crippen LogP) is 1.97. The Bertz CT molecular complexity index is 1010. The first-order valence-corrected chi connectivity index (χ1v) is 11.5. The topological polar surface area (TPSA) is 140 Å². The molecule has 0 radical (unpaired) electrons. The number of rotatable bonds is 9. The van der Waals surface area contributed by atoms with E-state index >= 15 is 0 Å². The largest absolute Gasteiger partial charge is 0.397 e. The monoisotopic (exact) mass is 450 g/mol. The van der Waals surface area contributed by atoms with Crippen molar-refractivity contribution in [3.8, 4) is 0 Å². The maximum atomic E-state index is 12.3. The number of aryl methyl sites for hydroxylation is 1. The molecule has 1 aromatic carbocycles. The zero-order valence-electron chi connectivity index (χ0n) is 15.1. The lowest BCUT2D eigenvalue weighted by Crippen LogP contribution is -2.21. The predicted molar refractivity (Wildman–Crippen MR) is 103 cm³/mol. The molecule has 1 aromatic heterocycles. The molecular weight excluding hydrogens is 432 g/mol. The van der Waals surface area contributed by atoms with Gasteiger partial charge in [0.2, 0.25) is 11.2 Å². The maximum Gasteiger partial charge on any atom is 0.397 e. The fourth-order valence-corrected chi connectivity index (χ4v) is 4.01. The first kappa shape index (κ1) is 22.4. The van der Waals surface area contributed by atoms with E-state index < -0.39 is 32.6 Å². The molecule has 0 aliphatic heterocycles. The number of aromatic nitrogens is 3. The minimum absolute atomic E-state index is 0.0171. The Hall–Kier alpha value is -1.86. The summed E-state index contributed by atoms with van der Waals surface area (Å²) in [5.41, 5.74) is 0.650. The Morgan fingerprint density at radius 2 is 1.75 bits per heavy atom. The van der Waals surface area contributed by atoms with Crippen LogP contribution in [0.1, 0.15) is 19.2 Å². The van der Waals surface area contributed by atoms with Crippen molar-refractivity contribution in [2.45, 2.75) is 25.2 Å². The summed E-state index contributed by atoms with van der Waals surface area (Å²) in [5.74, 6) is 0.193. The lowest BCUT2D eigenvalue weighted by Gasteiger charge is -2.22. The summed E-state index contributed by atoms with van der Waals surface area (Å²) in [6.07, 6.45) is 0.773. The number of anilines is 2. The first-order chi connectivity index (χ1) is 13.0. The van der Waals surface area contributed by atoms with Gasteiger partial charge in [0, 0.05) is 12.2 Å². The molecule has 0 amide bonds. The molecule has 28 heavy (non-hydrogen) atoms. The van der Waals surface area contributed by atoms with Gasteiger partial charge >= 0.3 is 10.4 Å². The summed E-state index contributed by atoms with van der Waals surface area (Å²) < 4.78 is 58.1. The molecule has 0 spiro atoms. The van der Waals surface area contributed by atoms with Gasteiger partial charge in [-0.25, -0.2) is 17.6 Å². The van der Waals surface area contributed by atoms with Crippen LogP contribution in [0.15, 0.2) is 29.2 Å². The van der Waals surface area contributed by atoms with E-state index in [9.17, 15) is 16.8 Å². The second kappa shape index (κ2) is 9.09. The van der Waals surface area contributed by atoms with E-state index in [0.29, 0.717) is 24.0 Å². The van der Waals surface area contributed by atoms with E-state index in [0.717, 1.165) is 6.42 Å². The normalized spacial score (nSPS) is 12.1. The molecule has 13 heteroatoms. The highest BCUT2D eigenvalue weighted by Crippen LogP contribution is 2.25. The molecule has 2 rings (SSSR count). The van der Waals surface area contributed by atoms with Crippen LogP contribution in [0.25, 0.3) is 0 Å². The molecule has 0 fully saturated rings. The molecule has 2 aromatic rings. The summed E-state index contributed by atoms with van der Waals surface area (Å²) in [6.45, 7) is 3.53. The molecule has 0 unspecified atom stereocenters.